The maximum atomic E-state index is 12.8. The second-order valence-corrected chi connectivity index (χ2v) is 14.4. The molecule has 18 nitrogen and oxygen atoms in total. The number of nitrogens with zero attached hydrogens (tertiary/aromatic N) is 3. The number of alkyl carbamates (subject to hydrolysis) is 1. The van der Waals surface area contributed by atoms with E-state index in [0.717, 1.165) is 31.9 Å². The molecule has 0 saturated heterocycles. The second-order valence-electron chi connectivity index (χ2n) is 11.7. The zero-order valence-corrected chi connectivity index (χ0v) is 31.7. The molecule has 2 heterocycles. The van der Waals surface area contributed by atoms with E-state index in [1.165, 1.54) is 4.57 Å². The van der Waals surface area contributed by atoms with E-state index in [1.807, 2.05) is 34.6 Å². The van der Waals surface area contributed by atoms with Crippen molar-refractivity contribution in [2.24, 2.45) is 0 Å². The van der Waals surface area contributed by atoms with E-state index < -0.39 is 69.0 Å². The lowest BCUT2D eigenvalue weighted by Gasteiger charge is -2.33. The van der Waals surface area contributed by atoms with Gasteiger partial charge in [-0.3, -0.25) is 24.2 Å². The van der Waals surface area contributed by atoms with Gasteiger partial charge in [-0.25, -0.2) is 14.6 Å². The first-order valence-electron chi connectivity index (χ1n) is 16.9. The van der Waals surface area contributed by atoms with Gasteiger partial charge in [0.1, 0.15) is 6.61 Å². The van der Waals surface area contributed by atoms with Gasteiger partial charge in [0.25, 0.3) is 5.56 Å². The fourth-order valence-electron chi connectivity index (χ4n) is 5.53. The fraction of sp³-hybridized carbons (Fsp3) is 0.576. The fourth-order valence-corrected chi connectivity index (χ4v) is 8.15. The highest BCUT2D eigenvalue weighted by atomic mass is 28.4. The number of rotatable bonds is 19. The van der Waals surface area contributed by atoms with Crippen molar-refractivity contribution in [2.45, 2.75) is 92.7 Å². The Kier molecular flexibility index (Phi) is 15.4. The van der Waals surface area contributed by atoms with Crippen molar-refractivity contribution in [2.75, 3.05) is 33.0 Å². The molecule has 2 N–H and O–H groups in total. The number of aryl methyl sites for hydroxylation is 2. The van der Waals surface area contributed by atoms with Gasteiger partial charge in [0, 0.05) is 53.2 Å². The van der Waals surface area contributed by atoms with Gasteiger partial charge in [0.15, 0.2) is 29.8 Å². The molecule has 0 aliphatic carbocycles. The number of H-pyrrole nitrogens is 1. The number of ether oxygens (including phenoxy) is 4. The minimum atomic E-state index is -2.94. The summed E-state index contributed by atoms with van der Waals surface area (Å²) in [7, 11) is -2.94. The summed E-state index contributed by atoms with van der Waals surface area (Å²) in [6.45, 7) is 12.9. The van der Waals surface area contributed by atoms with Crippen LogP contribution in [0.5, 0.6) is 0 Å². The van der Waals surface area contributed by atoms with Crippen molar-refractivity contribution in [3.63, 3.8) is 0 Å². The molecule has 1 aromatic rings. The van der Waals surface area contributed by atoms with Gasteiger partial charge in [0.05, 0.1) is 17.6 Å². The second kappa shape index (κ2) is 19.2. The van der Waals surface area contributed by atoms with E-state index in [1.54, 1.807) is 12.1 Å². The Morgan fingerprint density at radius 3 is 2.00 bits per heavy atom. The lowest BCUT2D eigenvalue weighted by Crippen LogP contribution is -2.49. The summed E-state index contributed by atoms with van der Waals surface area (Å²) in [6, 6.07) is 3.91. The van der Waals surface area contributed by atoms with Crippen molar-refractivity contribution in [1.82, 2.24) is 24.8 Å². The van der Waals surface area contributed by atoms with Crippen LogP contribution in [0.2, 0.25) is 6.04 Å². The number of benzene rings is 1. The van der Waals surface area contributed by atoms with Crippen molar-refractivity contribution < 1.29 is 51.4 Å². The van der Waals surface area contributed by atoms with E-state index in [-0.39, 0.29) is 24.6 Å². The average Bonchev–Trinajstić information content (AvgIpc) is 3.05. The van der Waals surface area contributed by atoms with Crippen LogP contribution in [0, 0.1) is 13.8 Å². The van der Waals surface area contributed by atoms with Crippen molar-refractivity contribution >= 4 is 43.8 Å². The molecule has 0 bridgehead atoms. The van der Waals surface area contributed by atoms with Gasteiger partial charge in [-0.2, -0.15) is 4.98 Å². The zero-order valence-electron chi connectivity index (χ0n) is 30.7. The molecule has 3 rings (SSSR count). The monoisotopic (exact) mass is 749 g/mol. The number of amides is 1. The van der Waals surface area contributed by atoms with Crippen LogP contribution in [-0.4, -0.2) is 104 Å². The van der Waals surface area contributed by atoms with Crippen LogP contribution in [0.1, 0.15) is 59.1 Å². The van der Waals surface area contributed by atoms with E-state index in [4.69, 9.17) is 32.2 Å². The maximum absolute atomic E-state index is 12.8. The van der Waals surface area contributed by atoms with E-state index >= 15 is 0 Å². The summed E-state index contributed by atoms with van der Waals surface area (Å²) < 4.78 is 41.0. The molecule has 19 heteroatoms. The van der Waals surface area contributed by atoms with Crippen molar-refractivity contribution in [3.8, 4) is 11.5 Å². The predicted molar refractivity (Wildman–Crippen MR) is 187 cm³/mol. The third-order valence-corrected chi connectivity index (χ3v) is 10.8. The number of carbonyl (C=O) groups excluding carboxylic acids is 4. The van der Waals surface area contributed by atoms with Crippen LogP contribution >= 0.6 is 0 Å². The van der Waals surface area contributed by atoms with Crippen LogP contribution in [0.4, 0.5) is 4.79 Å². The van der Waals surface area contributed by atoms with E-state index in [9.17, 15) is 28.8 Å². The molecule has 2 aliphatic heterocycles. The molecule has 3 atom stereocenters. The molecule has 1 aromatic carbocycles. The molecule has 0 fully saturated rings. The zero-order chi connectivity index (χ0) is 38.6. The van der Waals surface area contributed by atoms with Crippen LogP contribution < -0.4 is 16.6 Å². The van der Waals surface area contributed by atoms with Crippen LogP contribution in [-0.2, 0) is 53.2 Å². The smallest absolute Gasteiger partial charge is 0.457 e. The topological polar surface area (TPSA) is 226 Å². The van der Waals surface area contributed by atoms with Gasteiger partial charge in [-0.05, 0) is 64.3 Å². The predicted octanol–water partition coefficient (Wildman–Crippen LogP) is 2.16. The molecule has 0 saturated carbocycles. The van der Waals surface area contributed by atoms with Crippen LogP contribution in [0.3, 0.4) is 0 Å². The Morgan fingerprint density at radius 2 is 1.42 bits per heavy atom. The lowest BCUT2D eigenvalue weighted by molar-refractivity contribution is -0.187. The Balaban J connectivity index is 1.95. The Labute approximate surface area is 301 Å². The van der Waals surface area contributed by atoms with Gasteiger partial charge < -0.3 is 42.1 Å². The average molecular weight is 750 g/mol. The first-order valence-corrected chi connectivity index (χ1v) is 18.8. The molecule has 1 amide bonds. The first-order chi connectivity index (χ1) is 24.6. The number of nitrogens with one attached hydrogen (secondary N) is 2. The number of aromatic amines is 1. The molecule has 0 aromatic heterocycles. The van der Waals surface area contributed by atoms with Gasteiger partial charge >= 0.3 is 38.5 Å². The number of esters is 3. The number of hydrogen-bond acceptors (Lipinski definition) is 15. The van der Waals surface area contributed by atoms with Gasteiger partial charge in [0.2, 0.25) is 0 Å². The van der Waals surface area contributed by atoms with Crippen LogP contribution in [0.25, 0.3) is 22.6 Å². The number of carbonyl (C=O) groups is 4. The normalized spacial score (nSPS) is 13.3. The standard InChI is InChI=1S/C33H47N5O13Si/c1-9-46-52(47-10-2,48-11-3)14-12-13-34-33(44)45-18-27(50-22(7)40)29(51-23(8)41)26(49-21(6)39)17-38-25-16-20(5)19(4)15-24(25)35-28-30(38)36-32(43)37-31(28)42/h15-16,26-27,29H,9-14,17-18H2,1-8H3,(H,34,44)(H,37,42,43). The summed E-state index contributed by atoms with van der Waals surface area (Å²) in [5.41, 5.74) is 0.507. The Morgan fingerprint density at radius 1 is 0.846 bits per heavy atom. The molecule has 286 valence electrons. The van der Waals surface area contributed by atoms with Crippen LogP contribution in [0.15, 0.2) is 21.7 Å². The highest BCUT2D eigenvalue weighted by Crippen LogP contribution is 2.26. The molecular weight excluding hydrogens is 702 g/mol. The summed E-state index contributed by atoms with van der Waals surface area (Å²) in [6.07, 6.45) is -4.93. The first kappa shape index (κ1) is 41.7. The highest BCUT2D eigenvalue weighted by Gasteiger charge is 2.41. The summed E-state index contributed by atoms with van der Waals surface area (Å²) >= 11 is 0. The number of hydrogen-bond donors (Lipinski definition) is 2. The molecular formula is C33H47N5O13Si. The molecule has 52 heavy (non-hydrogen) atoms. The minimum Gasteiger partial charge on any atom is -0.457 e. The number of fused-ring (bicyclic) bond motifs is 2. The number of aromatic nitrogens is 4. The lowest BCUT2D eigenvalue weighted by atomic mass is 10.1. The Bertz CT molecular complexity index is 1800. The quantitative estimate of drug-likeness (QED) is 0.0589. The molecule has 2 aliphatic rings. The largest absolute Gasteiger partial charge is 0.500 e. The van der Waals surface area contributed by atoms with E-state index in [2.05, 4.69) is 20.3 Å². The van der Waals surface area contributed by atoms with Gasteiger partial charge in [-0.1, -0.05) is 0 Å². The summed E-state index contributed by atoms with van der Waals surface area (Å²) in [5.74, 6) is -2.61. The van der Waals surface area contributed by atoms with Crippen molar-refractivity contribution in [3.05, 3.63) is 44.1 Å². The SMILES string of the molecule is CCO[Si](CCCNC(=O)OCC(OC(C)=O)C(OC(C)=O)C(Cn1c2nc(=O)[nH]c(=O)c-2nc2cc(C)c(C)cc21)OC(C)=O)(OCC)OCC. The maximum Gasteiger partial charge on any atom is 0.500 e. The third-order valence-electron chi connectivity index (χ3n) is 7.66. The molecule has 0 radical (unpaired) electrons. The van der Waals surface area contributed by atoms with Gasteiger partial charge in [-0.15, -0.1) is 0 Å². The van der Waals surface area contributed by atoms with E-state index in [0.29, 0.717) is 43.3 Å². The molecule has 0 spiro atoms. The molecule has 3 unspecified atom stereocenters. The Hall–Kier alpha value is -4.72. The highest BCUT2D eigenvalue weighted by molar-refractivity contribution is 6.60. The third kappa shape index (κ3) is 11.4. The minimum absolute atomic E-state index is 0.145. The summed E-state index contributed by atoms with van der Waals surface area (Å²) in [4.78, 5) is 85.8. The summed E-state index contributed by atoms with van der Waals surface area (Å²) in [5, 5.41) is 2.61. The van der Waals surface area contributed by atoms with Crippen molar-refractivity contribution in [1.29, 1.82) is 0 Å².